The molecular formula is C26H60O6S2Si2Sn. The Kier molecular flexibility index (Phi) is 25.4. The van der Waals surface area contributed by atoms with Crippen molar-refractivity contribution in [2.75, 3.05) is 51.1 Å². The Bertz CT molecular complexity index is 438. The fourth-order valence-electron chi connectivity index (χ4n) is 3.65. The molecule has 0 N–H and O–H groups in total. The second kappa shape index (κ2) is 24.3. The molecule has 0 amide bonds. The molecule has 0 fully saturated rings. The monoisotopic (exact) mass is 708 g/mol. The summed E-state index contributed by atoms with van der Waals surface area (Å²) in [5.41, 5.74) is 0. The fraction of sp³-hybridized carbons (Fsp3) is 1.00. The summed E-state index contributed by atoms with van der Waals surface area (Å²) in [4.78, 5) is 0. The summed E-state index contributed by atoms with van der Waals surface area (Å²) in [5.74, 6) is 2.14. The Hall–Kier alpha value is 1.69. The van der Waals surface area contributed by atoms with Crippen molar-refractivity contribution in [3.63, 3.8) is 0 Å². The molecule has 0 aromatic heterocycles. The van der Waals surface area contributed by atoms with E-state index in [1.165, 1.54) is 8.87 Å². The third-order valence-corrected chi connectivity index (χ3v) is 45.1. The van der Waals surface area contributed by atoms with E-state index in [4.69, 9.17) is 26.6 Å². The normalized spacial score (nSPS) is 13.0. The molecule has 0 heterocycles. The van der Waals surface area contributed by atoms with Crippen LogP contribution in [-0.4, -0.2) is 84.4 Å². The van der Waals surface area contributed by atoms with Gasteiger partial charge in [-0.1, -0.05) is 0 Å². The van der Waals surface area contributed by atoms with E-state index in [1.807, 2.05) is 0 Å². The van der Waals surface area contributed by atoms with Crippen LogP contribution in [0.3, 0.4) is 0 Å². The fourth-order valence-corrected chi connectivity index (χ4v) is 38.3. The first kappa shape index (κ1) is 38.7. The molecule has 0 spiro atoms. The van der Waals surface area contributed by atoms with E-state index in [0.717, 1.165) is 102 Å². The molecular weight excluding hydrogens is 647 g/mol. The van der Waals surface area contributed by atoms with Gasteiger partial charge in [0.1, 0.15) is 0 Å². The molecule has 0 aliphatic rings. The zero-order valence-electron chi connectivity index (χ0n) is 25.5. The predicted molar refractivity (Wildman–Crippen MR) is 170 cm³/mol. The molecule has 0 aliphatic heterocycles. The van der Waals surface area contributed by atoms with E-state index < -0.39 is 33.2 Å². The summed E-state index contributed by atoms with van der Waals surface area (Å²) < 4.78 is 40.8. The molecule has 0 aliphatic carbocycles. The number of rotatable bonds is 28. The Balaban J connectivity index is 5.35. The van der Waals surface area contributed by atoms with Gasteiger partial charge in [0.05, 0.1) is 0 Å². The van der Waals surface area contributed by atoms with Crippen molar-refractivity contribution in [1.82, 2.24) is 0 Å². The molecule has 6 nitrogen and oxygen atoms in total. The summed E-state index contributed by atoms with van der Waals surface area (Å²) in [7, 11) is -0.757. The van der Waals surface area contributed by atoms with Gasteiger partial charge in [0.25, 0.3) is 0 Å². The van der Waals surface area contributed by atoms with Crippen molar-refractivity contribution in [1.29, 1.82) is 0 Å². The van der Waals surface area contributed by atoms with Crippen LogP contribution in [0.2, 0.25) is 21.0 Å². The zero-order valence-corrected chi connectivity index (χ0v) is 32.0. The average Bonchev–Trinajstić information content (AvgIpc) is 2.93. The van der Waals surface area contributed by atoms with Crippen LogP contribution in [0, 0.1) is 0 Å². The average molecular weight is 708 g/mol. The molecule has 0 rings (SSSR count). The third kappa shape index (κ3) is 16.7. The summed E-state index contributed by atoms with van der Waals surface area (Å²) in [6, 6.07) is 1.82. The second-order valence-electron chi connectivity index (χ2n) is 9.27. The maximum atomic E-state index is 6.36. The van der Waals surface area contributed by atoms with Gasteiger partial charge in [0.2, 0.25) is 0 Å². The van der Waals surface area contributed by atoms with Gasteiger partial charge in [-0.05, 0) is 0 Å². The van der Waals surface area contributed by atoms with Gasteiger partial charge in [-0.3, -0.25) is 0 Å². The predicted octanol–water partition coefficient (Wildman–Crippen LogP) is 8.37. The van der Waals surface area contributed by atoms with Crippen LogP contribution < -0.4 is 0 Å². The van der Waals surface area contributed by atoms with Crippen LogP contribution in [0.25, 0.3) is 0 Å². The first-order valence-electron chi connectivity index (χ1n) is 15.0. The Labute approximate surface area is 242 Å². The van der Waals surface area contributed by atoms with Gasteiger partial charge >= 0.3 is 244 Å². The molecule has 0 radical (unpaired) electrons. The van der Waals surface area contributed by atoms with Gasteiger partial charge < -0.3 is 0 Å². The van der Waals surface area contributed by atoms with Crippen LogP contribution >= 0.6 is 17.9 Å². The van der Waals surface area contributed by atoms with Gasteiger partial charge in [0, 0.05) is 0 Å². The van der Waals surface area contributed by atoms with E-state index >= 15 is 0 Å². The summed E-state index contributed by atoms with van der Waals surface area (Å²) in [6.07, 6.45) is 5.93. The first-order valence-corrected chi connectivity index (χ1v) is 31.9. The van der Waals surface area contributed by atoms with Crippen LogP contribution in [0.15, 0.2) is 0 Å². The van der Waals surface area contributed by atoms with Gasteiger partial charge in [-0.2, -0.15) is 0 Å². The SMILES string of the molecule is CCCO[Si](CC[S][Sn]([CH2]C)([CH2]C)[S]CC[Si](OCCC)(OCCC)OCCC)(OCCC)OCCC. The molecule has 0 aromatic carbocycles. The van der Waals surface area contributed by atoms with E-state index in [1.54, 1.807) is 0 Å². The molecule has 0 saturated heterocycles. The standard InChI is InChI=1S/2C11H26O3SSi.2C2H5.Sn/c2*1-4-7-12-16(11-10-15,13-8-5-2)14-9-6-3;2*1-2;/h2*15H,4-11H2,1-3H3;2*1H2,2H3;/q;;;;+2/p-2. The summed E-state index contributed by atoms with van der Waals surface area (Å²) >= 11 is -2.47. The summed E-state index contributed by atoms with van der Waals surface area (Å²) in [5, 5.41) is 0. The Morgan fingerprint density at radius 2 is 0.676 bits per heavy atom. The molecule has 0 unspecified atom stereocenters. The number of hydrogen-bond acceptors (Lipinski definition) is 8. The van der Waals surface area contributed by atoms with Crippen LogP contribution in [0.5, 0.6) is 0 Å². The summed E-state index contributed by atoms with van der Waals surface area (Å²) in [6.45, 7) is 22.0. The van der Waals surface area contributed by atoms with Crippen LogP contribution in [0.4, 0.5) is 0 Å². The molecule has 224 valence electrons. The van der Waals surface area contributed by atoms with Gasteiger partial charge in [0.15, 0.2) is 0 Å². The molecule has 11 heteroatoms. The van der Waals surface area contributed by atoms with E-state index in [9.17, 15) is 0 Å². The number of hydrogen-bond donors (Lipinski definition) is 0. The minimum absolute atomic E-state index is 0.717. The molecule has 0 aromatic rings. The maximum absolute atomic E-state index is 6.36. The minimum atomic E-state index is -2.64. The van der Waals surface area contributed by atoms with Crippen LogP contribution in [0.1, 0.15) is 93.9 Å². The zero-order chi connectivity index (χ0) is 27.9. The molecule has 37 heavy (non-hydrogen) atoms. The van der Waals surface area contributed by atoms with Crippen molar-refractivity contribution in [2.45, 2.75) is 115 Å². The first-order chi connectivity index (χ1) is 17.9. The Morgan fingerprint density at radius 3 is 0.865 bits per heavy atom. The van der Waals surface area contributed by atoms with E-state index in [-0.39, 0.29) is 0 Å². The van der Waals surface area contributed by atoms with Crippen molar-refractivity contribution < 1.29 is 26.6 Å². The second-order valence-corrected chi connectivity index (χ2v) is 42.5. The molecule has 0 bridgehead atoms. The van der Waals surface area contributed by atoms with Gasteiger partial charge in [-0.25, -0.2) is 0 Å². The van der Waals surface area contributed by atoms with Crippen molar-refractivity contribution in [3.8, 4) is 0 Å². The third-order valence-electron chi connectivity index (χ3n) is 5.78. The Morgan fingerprint density at radius 1 is 0.432 bits per heavy atom. The van der Waals surface area contributed by atoms with Crippen molar-refractivity contribution >= 4 is 51.1 Å². The quantitative estimate of drug-likeness (QED) is 0.0753. The van der Waals surface area contributed by atoms with E-state index in [2.05, 4.69) is 73.3 Å². The van der Waals surface area contributed by atoms with Gasteiger partial charge in [-0.15, -0.1) is 0 Å². The van der Waals surface area contributed by atoms with Crippen molar-refractivity contribution in [2.24, 2.45) is 0 Å². The topological polar surface area (TPSA) is 55.4 Å². The van der Waals surface area contributed by atoms with E-state index in [0.29, 0.717) is 0 Å². The van der Waals surface area contributed by atoms with Crippen molar-refractivity contribution in [3.05, 3.63) is 0 Å². The molecule has 0 saturated carbocycles. The van der Waals surface area contributed by atoms with Crippen LogP contribution in [-0.2, 0) is 26.6 Å². The molecule has 0 atom stereocenters.